The van der Waals surface area contributed by atoms with Crippen molar-refractivity contribution >= 4 is 17.6 Å². The Morgan fingerprint density at radius 2 is 2.19 bits per heavy atom. The summed E-state index contributed by atoms with van der Waals surface area (Å²) in [5, 5.41) is 11.8. The molecule has 2 saturated heterocycles. The van der Waals surface area contributed by atoms with E-state index in [1.165, 1.54) is 19.2 Å². The van der Waals surface area contributed by atoms with Gasteiger partial charge < -0.3 is 19.9 Å². The first-order valence-corrected chi connectivity index (χ1v) is 6.96. The number of methoxy groups -OCH3 is 1. The van der Waals surface area contributed by atoms with Crippen LogP contribution in [0.2, 0.25) is 0 Å². The van der Waals surface area contributed by atoms with Crippen molar-refractivity contribution in [1.29, 1.82) is 0 Å². The van der Waals surface area contributed by atoms with E-state index in [9.17, 15) is 9.59 Å². The van der Waals surface area contributed by atoms with Crippen LogP contribution in [0.3, 0.4) is 0 Å². The molecule has 0 radical (unpaired) electrons. The van der Waals surface area contributed by atoms with Crippen molar-refractivity contribution < 1.29 is 24.2 Å². The zero-order chi connectivity index (χ0) is 15.0. The maximum atomic E-state index is 12.3. The fraction of sp³-hybridized carbons (Fsp3) is 0.467. The molecule has 6 heteroatoms. The molecule has 2 fully saturated rings. The van der Waals surface area contributed by atoms with E-state index < -0.39 is 5.97 Å². The van der Waals surface area contributed by atoms with E-state index in [1.807, 2.05) is 0 Å². The summed E-state index contributed by atoms with van der Waals surface area (Å²) in [6.45, 7) is 0. The van der Waals surface area contributed by atoms with Crippen LogP contribution >= 0.6 is 0 Å². The number of ether oxygens (including phenoxy) is 2. The maximum Gasteiger partial charge on any atom is 0.339 e. The zero-order valence-electron chi connectivity index (χ0n) is 11.7. The number of hydrogen-bond acceptors (Lipinski definition) is 4. The topological polar surface area (TPSA) is 84.9 Å². The van der Waals surface area contributed by atoms with Crippen molar-refractivity contribution in [2.45, 2.75) is 31.5 Å². The number of fused-ring (bicyclic) bond motifs is 2. The van der Waals surface area contributed by atoms with Gasteiger partial charge in [0.1, 0.15) is 11.3 Å². The summed E-state index contributed by atoms with van der Waals surface area (Å²) in [6.07, 6.45) is 2.98. The lowest BCUT2D eigenvalue weighted by Gasteiger charge is -2.18. The highest BCUT2D eigenvalue weighted by Crippen LogP contribution is 2.39. The van der Waals surface area contributed by atoms with Gasteiger partial charge >= 0.3 is 5.97 Å². The van der Waals surface area contributed by atoms with Crippen molar-refractivity contribution in [2.24, 2.45) is 5.92 Å². The molecule has 2 N–H and O–H groups in total. The Balaban J connectivity index is 1.73. The fourth-order valence-corrected chi connectivity index (χ4v) is 3.09. The van der Waals surface area contributed by atoms with Gasteiger partial charge in [-0.25, -0.2) is 4.79 Å². The minimum absolute atomic E-state index is 0.0233. The molecule has 0 aliphatic carbocycles. The molecule has 6 nitrogen and oxygen atoms in total. The van der Waals surface area contributed by atoms with Gasteiger partial charge in [0.25, 0.3) is 0 Å². The molecule has 21 heavy (non-hydrogen) atoms. The molecule has 1 amide bonds. The van der Waals surface area contributed by atoms with Crippen LogP contribution in [0.5, 0.6) is 5.75 Å². The Labute approximate surface area is 122 Å². The summed E-state index contributed by atoms with van der Waals surface area (Å²) < 4.78 is 10.7. The summed E-state index contributed by atoms with van der Waals surface area (Å²) in [7, 11) is 1.40. The van der Waals surface area contributed by atoms with E-state index in [0.29, 0.717) is 5.69 Å². The van der Waals surface area contributed by atoms with Crippen LogP contribution in [0.15, 0.2) is 18.2 Å². The second-order valence-corrected chi connectivity index (χ2v) is 5.43. The third-order valence-electron chi connectivity index (χ3n) is 4.14. The average molecular weight is 291 g/mol. The molecule has 0 aromatic heterocycles. The third kappa shape index (κ3) is 2.58. The number of carbonyl (C=O) groups is 2. The number of benzene rings is 1. The molecule has 1 aromatic carbocycles. The molecule has 112 valence electrons. The van der Waals surface area contributed by atoms with Crippen LogP contribution in [0.4, 0.5) is 5.69 Å². The van der Waals surface area contributed by atoms with E-state index in [0.717, 1.165) is 19.3 Å². The zero-order valence-corrected chi connectivity index (χ0v) is 11.7. The van der Waals surface area contributed by atoms with E-state index in [-0.39, 0.29) is 35.3 Å². The second-order valence-electron chi connectivity index (χ2n) is 5.43. The molecule has 1 aromatic rings. The van der Waals surface area contributed by atoms with Gasteiger partial charge in [0.05, 0.1) is 25.2 Å². The predicted molar refractivity (Wildman–Crippen MR) is 74.6 cm³/mol. The van der Waals surface area contributed by atoms with Crippen LogP contribution in [0, 0.1) is 5.92 Å². The van der Waals surface area contributed by atoms with E-state index in [1.54, 1.807) is 6.07 Å². The van der Waals surface area contributed by atoms with E-state index in [4.69, 9.17) is 14.6 Å². The van der Waals surface area contributed by atoms with Gasteiger partial charge in [-0.2, -0.15) is 0 Å². The van der Waals surface area contributed by atoms with Gasteiger partial charge in [-0.05, 0) is 31.4 Å². The monoisotopic (exact) mass is 291 g/mol. The third-order valence-corrected chi connectivity index (χ3v) is 4.14. The van der Waals surface area contributed by atoms with Gasteiger partial charge in [-0.3, -0.25) is 4.79 Å². The maximum absolute atomic E-state index is 12.3. The van der Waals surface area contributed by atoms with Crippen LogP contribution in [-0.4, -0.2) is 36.3 Å². The van der Waals surface area contributed by atoms with Crippen LogP contribution in [0.1, 0.15) is 29.6 Å². The lowest BCUT2D eigenvalue weighted by atomic mass is 9.88. The standard InChI is InChI=1S/C15H17NO5/c1-20-13-6-8(2-4-10(13)15(18)19)16-14(17)11-7-9-3-5-12(11)21-9/h2,4,6,9,11-12H,3,5,7H2,1H3,(H,16,17)(H,18,19). The number of carboxylic acid groups (broad SMARTS) is 1. The highest BCUT2D eigenvalue weighted by molar-refractivity contribution is 5.95. The predicted octanol–water partition coefficient (Wildman–Crippen LogP) is 1.90. The van der Waals surface area contributed by atoms with Gasteiger partial charge in [-0.15, -0.1) is 0 Å². The van der Waals surface area contributed by atoms with Crippen molar-refractivity contribution in [3.8, 4) is 5.75 Å². The van der Waals surface area contributed by atoms with Crippen LogP contribution < -0.4 is 10.1 Å². The van der Waals surface area contributed by atoms with Crippen molar-refractivity contribution in [3.63, 3.8) is 0 Å². The highest BCUT2D eigenvalue weighted by Gasteiger charge is 2.44. The quantitative estimate of drug-likeness (QED) is 0.885. The number of hydrogen-bond donors (Lipinski definition) is 2. The molecule has 2 aliphatic heterocycles. The summed E-state index contributed by atoms with van der Waals surface area (Å²) in [6, 6.07) is 4.52. The molecule has 3 rings (SSSR count). The Kier molecular flexibility index (Phi) is 3.55. The van der Waals surface area contributed by atoms with Gasteiger partial charge in [-0.1, -0.05) is 0 Å². The molecule has 0 spiro atoms. The first kappa shape index (κ1) is 13.9. The second kappa shape index (κ2) is 5.37. The molecule has 0 saturated carbocycles. The molecule has 3 unspecified atom stereocenters. The summed E-state index contributed by atoms with van der Waals surface area (Å²) in [5.74, 6) is -1.03. The van der Waals surface area contributed by atoms with Crippen molar-refractivity contribution in [2.75, 3.05) is 12.4 Å². The first-order valence-electron chi connectivity index (χ1n) is 6.96. The van der Waals surface area contributed by atoms with Crippen molar-refractivity contribution in [3.05, 3.63) is 23.8 Å². The lowest BCUT2D eigenvalue weighted by Crippen LogP contribution is -2.30. The van der Waals surface area contributed by atoms with Crippen LogP contribution in [-0.2, 0) is 9.53 Å². The average Bonchev–Trinajstić information content (AvgIpc) is 3.09. The molecule has 3 atom stereocenters. The van der Waals surface area contributed by atoms with Gasteiger partial charge in [0.2, 0.25) is 5.91 Å². The SMILES string of the molecule is COc1cc(NC(=O)C2CC3CCC2O3)ccc1C(=O)O. The number of aromatic carboxylic acids is 1. The molecular weight excluding hydrogens is 274 g/mol. The van der Waals surface area contributed by atoms with Gasteiger partial charge in [0, 0.05) is 11.8 Å². The fourth-order valence-electron chi connectivity index (χ4n) is 3.09. The summed E-state index contributed by atoms with van der Waals surface area (Å²) >= 11 is 0. The number of rotatable bonds is 4. The summed E-state index contributed by atoms with van der Waals surface area (Å²) in [5.41, 5.74) is 0.600. The molecule has 2 bridgehead atoms. The van der Waals surface area contributed by atoms with Crippen molar-refractivity contribution in [1.82, 2.24) is 0 Å². The van der Waals surface area contributed by atoms with E-state index in [2.05, 4.69) is 5.32 Å². The highest BCUT2D eigenvalue weighted by atomic mass is 16.5. The van der Waals surface area contributed by atoms with Crippen LogP contribution in [0.25, 0.3) is 0 Å². The Morgan fingerprint density at radius 1 is 1.38 bits per heavy atom. The smallest absolute Gasteiger partial charge is 0.339 e. The lowest BCUT2D eigenvalue weighted by molar-refractivity contribution is -0.121. The molecule has 2 heterocycles. The summed E-state index contributed by atoms with van der Waals surface area (Å²) in [4.78, 5) is 23.3. The Bertz CT molecular complexity index is 585. The number of carbonyl (C=O) groups excluding carboxylic acids is 1. The first-order chi connectivity index (χ1) is 10.1. The largest absolute Gasteiger partial charge is 0.496 e. The Morgan fingerprint density at radius 3 is 2.76 bits per heavy atom. The minimum atomic E-state index is -1.06. The van der Waals surface area contributed by atoms with E-state index >= 15 is 0 Å². The molecular formula is C15H17NO5. The number of nitrogens with one attached hydrogen (secondary N) is 1. The number of anilines is 1. The number of amides is 1. The number of carboxylic acids is 1. The normalized spacial score (nSPS) is 26.6. The van der Waals surface area contributed by atoms with Gasteiger partial charge in [0.15, 0.2) is 0 Å². The molecule has 2 aliphatic rings. The Hall–Kier alpha value is -2.08. The minimum Gasteiger partial charge on any atom is -0.496 e.